The van der Waals surface area contributed by atoms with Crippen molar-refractivity contribution in [1.82, 2.24) is 35.3 Å². The molecule has 2 saturated heterocycles. The quantitative estimate of drug-likeness (QED) is 0.0482. The molecule has 0 saturated carbocycles. The minimum Gasteiger partial charge on any atom is -0.391 e. The number of aryl methyl sites for hydroxylation is 1. The van der Waals surface area contributed by atoms with E-state index in [0.717, 1.165) is 34.5 Å². The number of H-pyrrole nitrogens is 1. The van der Waals surface area contributed by atoms with E-state index in [0.29, 0.717) is 68.8 Å². The first-order chi connectivity index (χ1) is 36.4. The molecule has 3 aliphatic rings. The van der Waals surface area contributed by atoms with Gasteiger partial charge in [-0.25, -0.2) is 9.37 Å². The average molecular weight is 1090 g/mol. The Bertz CT molecular complexity index is 2870. The number of nitrogens with zero attached hydrogens (tertiary/aromatic N) is 5. The van der Waals surface area contributed by atoms with Gasteiger partial charge in [0.15, 0.2) is 0 Å². The number of aromatic nitrogens is 2. The average Bonchev–Trinajstić information content (AvgIpc) is 4.00. The number of pyridine rings is 1. The molecule has 0 radical (unpaired) electrons. The molecule has 16 nitrogen and oxygen atoms in total. The van der Waals surface area contributed by atoms with Gasteiger partial charge in [0.2, 0.25) is 29.2 Å². The van der Waals surface area contributed by atoms with Crippen molar-refractivity contribution in [3.8, 4) is 10.4 Å². The van der Waals surface area contributed by atoms with Crippen molar-refractivity contribution in [3.05, 3.63) is 104 Å². The van der Waals surface area contributed by atoms with Gasteiger partial charge in [-0.3, -0.25) is 33.7 Å². The Morgan fingerprint density at radius 2 is 1.61 bits per heavy atom. The molecule has 3 aliphatic heterocycles. The van der Waals surface area contributed by atoms with Crippen LogP contribution in [0.2, 0.25) is 0 Å². The Labute approximate surface area is 450 Å². The summed E-state index contributed by atoms with van der Waals surface area (Å²) in [6, 6.07) is 9.08. The van der Waals surface area contributed by atoms with E-state index in [1.54, 1.807) is 27.8 Å². The minimum atomic E-state index is -4.99. The first-order valence-corrected chi connectivity index (χ1v) is 27.2. The van der Waals surface area contributed by atoms with E-state index in [9.17, 15) is 47.0 Å². The second kappa shape index (κ2) is 24.9. The number of hydrogen-bond acceptors (Lipinski definition) is 11. The zero-order valence-electron chi connectivity index (χ0n) is 44.8. The number of aromatic amines is 1. The summed E-state index contributed by atoms with van der Waals surface area (Å²) in [5.41, 5.74) is 1.87. The number of benzene rings is 2. The zero-order chi connectivity index (χ0) is 55.9. The molecule has 2 aromatic carbocycles. The van der Waals surface area contributed by atoms with Crippen molar-refractivity contribution in [2.24, 2.45) is 5.41 Å². The van der Waals surface area contributed by atoms with E-state index in [4.69, 9.17) is 0 Å². The molecule has 2 aromatic heterocycles. The van der Waals surface area contributed by atoms with Gasteiger partial charge in [0, 0.05) is 88.4 Å². The lowest BCUT2D eigenvalue weighted by atomic mass is 9.85. The molecule has 4 aromatic rings. The summed E-state index contributed by atoms with van der Waals surface area (Å²) in [5, 5.41) is 19.0. The number of aliphatic hydroxyl groups excluding tert-OH is 1. The first kappa shape index (κ1) is 58.2. The van der Waals surface area contributed by atoms with Crippen LogP contribution in [-0.4, -0.2) is 129 Å². The van der Waals surface area contributed by atoms with Crippen LogP contribution in [0.1, 0.15) is 125 Å². The van der Waals surface area contributed by atoms with Crippen LogP contribution in [0, 0.1) is 18.2 Å². The fourth-order valence-electron chi connectivity index (χ4n) is 10.3. The summed E-state index contributed by atoms with van der Waals surface area (Å²) in [6.45, 7) is 13.1. The number of unbranched alkanes of at least 4 members (excludes halogenated alkanes) is 4. The Morgan fingerprint density at radius 1 is 0.935 bits per heavy atom. The fraction of sp³-hybridized carbons (Fsp3) is 0.518. The molecule has 0 unspecified atom stereocenters. The molecule has 416 valence electrons. The molecular formula is C56H71F4N9O7S. The van der Waals surface area contributed by atoms with E-state index in [1.807, 2.05) is 77.8 Å². The van der Waals surface area contributed by atoms with E-state index in [-0.39, 0.29) is 80.0 Å². The van der Waals surface area contributed by atoms with Crippen LogP contribution in [0.15, 0.2) is 65.0 Å². The molecular weight excluding hydrogens is 1020 g/mol. The van der Waals surface area contributed by atoms with Gasteiger partial charge >= 0.3 is 6.18 Å². The van der Waals surface area contributed by atoms with Crippen molar-refractivity contribution in [2.75, 3.05) is 50.0 Å². The van der Waals surface area contributed by atoms with Gasteiger partial charge in [0.25, 0.3) is 5.91 Å². The highest BCUT2D eigenvalue weighted by atomic mass is 32.1. The number of anilines is 2. The number of halogens is 4. The van der Waals surface area contributed by atoms with Gasteiger partial charge in [0.1, 0.15) is 17.9 Å². The SMILES string of the molecule is Cc1ncsc1-c1ccc(CNC(=O)[C@@H]2C[C@@H](O)CN2C(=O)[C@@H](NC(=O)CCCCCCCC(=O)N2CC=C(c3cc(NC(=O)c4c[nH]c(=O)cc4C(F)(F)F)c(N4C[C@@H](C)N(C)[C@@H](C)C4)cc3F)CC2)C(C)(C)C)cc1. The molecule has 7 rings (SSSR count). The van der Waals surface area contributed by atoms with Gasteiger partial charge in [-0.05, 0) is 81.3 Å². The number of β-amino-alcohol motifs (C(OH)–C–C–N with tert-alkyl or cyclic N) is 1. The summed E-state index contributed by atoms with van der Waals surface area (Å²) in [6.07, 6.45) is 0.808. The summed E-state index contributed by atoms with van der Waals surface area (Å²) in [5.74, 6) is -2.90. The lowest BCUT2D eigenvalue weighted by Gasteiger charge is -2.44. The highest BCUT2D eigenvalue weighted by molar-refractivity contribution is 7.13. The number of likely N-dealkylation sites (N-methyl/N-ethyl adjacent to an activating group) is 1. The molecule has 0 aliphatic carbocycles. The number of nitrogens with one attached hydrogen (secondary N) is 4. The van der Waals surface area contributed by atoms with Crippen molar-refractivity contribution >= 4 is 57.8 Å². The van der Waals surface area contributed by atoms with Crippen molar-refractivity contribution < 1.29 is 46.6 Å². The third-order valence-corrected chi connectivity index (χ3v) is 15.9. The normalized spacial score (nSPS) is 19.7. The minimum absolute atomic E-state index is 0.0292. The molecule has 0 bridgehead atoms. The standard InChI is InChI=1S/C56H71F4N9O7S/c1-33-29-68(30-34(2)66(33)7)45-26-43(57)40(24-44(45)64-52(74)41-28-61-48(72)25-42(41)56(58,59)60)37-19-21-67(22-20-37)49(73)14-12-10-8-9-11-13-47(71)65-51(55(4,5)6)54(76)69-31-39(70)23-46(69)53(75)62-27-36-15-17-38(18-16-36)50-35(3)63-32-77-50/h15-19,24-26,28,32-34,39,46,51,70H,8-14,20-23,27,29-31H2,1-7H3,(H,61,72)(H,62,75)(H,64,74)(H,65,71)/t33-,34+,39-,46+,51-/m1/s1. The van der Waals surface area contributed by atoms with E-state index < -0.39 is 64.1 Å². The van der Waals surface area contributed by atoms with Gasteiger partial charge in [-0.2, -0.15) is 13.2 Å². The smallest absolute Gasteiger partial charge is 0.391 e. The van der Waals surface area contributed by atoms with Crippen LogP contribution in [0.5, 0.6) is 0 Å². The number of aliphatic hydroxyl groups is 1. The number of rotatable bonds is 18. The van der Waals surface area contributed by atoms with Gasteiger partial charge in [0.05, 0.1) is 44.7 Å². The fourth-order valence-corrected chi connectivity index (χ4v) is 11.1. The van der Waals surface area contributed by atoms with E-state index in [1.165, 1.54) is 17.0 Å². The van der Waals surface area contributed by atoms with E-state index in [2.05, 4.69) is 30.8 Å². The Kier molecular flexibility index (Phi) is 18.8. The lowest BCUT2D eigenvalue weighted by molar-refractivity contribution is -0.144. The zero-order valence-corrected chi connectivity index (χ0v) is 45.6. The largest absolute Gasteiger partial charge is 0.417 e. The molecule has 21 heteroatoms. The highest BCUT2D eigenvalue weighted by Crippen LogP contribution is 2.38. The predicted molar refractivity (Wildman–Crippen MR) is 288 cm³/mol. The molecule has 2 fully saturated rings. The number of piperazine rings is 1. The van der Waals surface area contributed by atoms with Crippen LogP contribution < -0.4 is 26.4 Å². The number of carbonyl (C=O) groups is 5. The third kappa shape index (κ3) is 14.6. The number of amides is 5. The van der Waals surface area contributed by atoms with Crippen molar-refractivity contribution in [2.45, 2.75) is 142 Å². The number of likely N-dealkylation sites (tertiary alicyclic amines) is 1. The van der Waals surface area contributed by atoms with Gasteiger partial charge in [-0.1, -0.05) is 70.4 Å². The second-order valence-corrected chi connectivity index (χ2v) is 22.6. The monoisotopic (exact) mass is 1090 g/mol. The number of thiazole rings is 1. The molecule has 0 spiro atoms. The van der Waals surface area contributed by atoms with Gasteiger partial charge < -0.3 is 40.7 Å². The van der Waals surface area contributed by atoms with Crippen LogP contribution >= 0.6 is 11.3 Å². The van der Waals surface area contributed by atoms with Crippen molar-refractivity contribution in [1.29, 1.82) is 0 Å². The van der Waals surface area contributed by atoms with Crippen LogP contribution in [0.25, 0.3) is 16.0 Å². The maximum absolute atomic E-state index is 16.2. The summed E-state index contributed by atoms with van der Waals surface area (Å²) in [4.78, 5) is 94.2. The molecule has 5 amide bonds. The number of carbonyl (C=O) groups excluding carboxylic acids is 5. The Hall–Kier alpha value is -6.45. The maximum atomic E-state index is 16.2. The molecule has 5 atom stereocenters. The van der Waals surface area contributed by atoms with Crippen molar-refractivity contribution in [3.63, 3.8) is 0 Å². The second-order valence-electron chi connectivity index (χ2n) is 21.7. The van der Waals surface area contributed by atoms with Crippen LogP contribution in [0.4, 0.5) is 28.9 Å². The Morgan fingerprint density at radius 3 is 2.23 bits per heavy atom. The Balaban J connectivity index is 0.873. The van der Waals surface area contributed by atoms with Crippen LogP contribution in [0.3, 0.4) is 0 Å². The highest BCUT2D eigenvalue weighted by Gasteiger charge is 2.45. The summed E-state index contributed by atoms with van der Waals surface area (Å²) in [7, 11) is 1.97. The molecule has 5 heterocycles. The van der Waals surface area contributed by atoms with Crippen LogP contribution in [-0.2, 0) is 31.9 Å². The predicted octanol–water partition coefficient (Wildman–Crippen LogP) is 7.90. The lowest BCUT2D eigenvalue weighted by Crippen LogP contribution is -2.57. The number of hydrogen-bond donors (Lipinski definition) is 5. The van der Waals surface area contributed by atoms with Gasteiger partial charge in [-0.15, -0.1) is 11.3 Å². The maximum Gasteiger partial charge on any atom is 0.417 e. The first-order valence-electron chi connectivity index (χ1n) is 26.3. The molecule has 5 N–H and O–H groups in total. The topological polar surface area (TPSA) is 200 Å². The third-order valence-electron chi connectivity index (χ3n) is 14.9. The summed E-state index contributed by atoms with van der Waals surface area (Å²) >= 11 is 1.56. The summed E-state index contributed by atoms with van der Waals surface area (Å²) < 4.78 is 58.1. The number of alkyl halides is 3. The van der Waals surface area contributed by atoms with E-state index >= 15 is 4.39 Å². The molecule has 77 heavy (non-hydrogen) atoms.